The molecule has 0 heterocycles. The van der Waals surface area contributed by atoms with Crippen molar-refractivity contribution in [3.63, 3.8) is 0 Å². The molecular formula is C60H111NO5. The Kier molecular flexibility index (Phi) is 52.0. The molecule has 3 N–H and O–H groups in total. The molecule has 1 amide bonds. The Morgan fingerprint density at radius 1 is 0.455 bits per heavy atom. The first-order valence-corrected chi connectivity index (χ1v) is 28.9. The van der Waals surface area contributed by atoms with Gasteiger partial charge in [-0.2, -0.15) is 0 Å². The lowest BCUT2D eigenvalue weighted by atomic mass is 10.0. The van der Waals surface area contributed by atoms with Crippen LogP contribution in [-0.2, 0) is 14.3 Å². The number of hydrogen-bond donors (Lipinski definition) is 3. The average molecular weight is 927 g/mol. The normalized spacial score (nSPS) is 13.5. The van der Waals surface area contributed by atoms with Crippen molar-refractivity contribution in [1.29, 1.82) is 0 Å². The van der Waals surface area contributed by atoms with E-state index in [1.807, 2.05) is 24.3 Å². The van der Waals surface area contributed by atoms with E-state index in [4.69, 9.17) is 4.74 Å². The Labute approximate surface area is 410 Å². The Balaban J connectivity index is 4.51. The van der Waals surface area contributed by atoms with Crippen LogP contribution in [0.2, 0.25) is 0 Å². The van der Waals surface area contributed by atoms with Gasteiger partial charge in [-0.1, -0.05) is 288 Å². The molecule has 0 aliphatic carbocycles. The van der Waals surface area contributed by atoms with E-state index in [-0.39, 0.29) is 24.9 Å². The molecule has 6 heteroatoms. The molecule has 0 saturated carbocycles. The number of nitrogens with one attached hydrogen (secondary N) is 1. The highest BCUT2D eigenvalue weighted by atomic mass is 16.5. The van der Waals surface area contributed by atoms with Crippen molar-refractivity contribution in [1.82, 2.24) is 5.32 Å². The summed E-state index contributed by atoms with van der Waals surface area (Å²) in [5.74, 6) is -0.500. The molecule has 0 aromatic rings. The van der Waals surface area contributed by atoms with E-state index < -0.39 is 18.2 Å². The van der Waals surface area contributed by atoms with E-state index in [1.54, 1.807) is 0 Å². The molecule has 0 aromatic heterocycles. The number of hydrogen-bond acceptors (Lipinski definition) is 5. The molecule has 0 rings (SSSR count). The van der Waals surface area contributed by atoms with Gasteiger partial charge in [0.1, 0.15) is 6.10 Å². The largest absolute Gasteiger partial charge is 0.462 e. The van der Waals surface area contributed by atoms with Crippen LogP contribution < -0.4 is 5.32 Å². The van der Waals surface area contributed by atoms with Crippen molar-refractivity contribution in [3.05, 3.63) is 48.6 Å². The molecule has 0 saturated heterocycles. The lowest BCUT2D eigenvalue weighted by Gasteiger charge is -2.24. The molecule has 0 fully saturated rings. The van der Waals surface area contributed by atoms with Crippen LogP contribution in [0.4, 0.5) is 0 Å². The van der Waals surface area contributed by atoms with Gasteiger partial charge in [-0.3, -0.25) is 9.59 Å². The molecule has 0 bridgehead atoms. The monoisotopic (exact) mass is 926 g/mol. The van der Waals surface area contributed by atoms with Crippen LogP contribution in [0.15, 0.2) is 48.6 Å². The zero-order valence-corrected chi connectivity index (χ0v) is 44.1. The van der Waals surface area contributed by atoms with Crippen LogP contribution in [0.1, 0.15) is 297 Å². The van der Waals surface area contributed by atoms with Crippen LogP contribution in [0.25, 0.3) is 0 Å². The van der Waals surface area contributed by atoms with Gasteiger partial charge >= 0.3 is 5.97 Å². The molecule has 0 radical (unpaired) electrons. The van der Waals surface area contributed by atoms with Crippen LogP contribution in [0, 0.1) is 0 Å². The predicted octanol–water partition coefficient (Wildman–Crippen LogP) is 17.8. The zero-order valence-electron chi connectivity index (χ0n) is 44.1. The van der Waals surface area contributed by atoms with Gasteiger partial charge in [-0.15, -0.1) is 0 Å². The summed E-state index contributed by atoms with van der Waals surface area (Å²) in [6.07, 6.45) is 66.1. The third kappa shape index (κ3) is 48.3. The van der Waals surface area contributed by atoms with E-state index in [0.717, 1.165) is 70.6 Å². The second-order valence-corrected chi connectivity index (χ2v) is 19.8. The van der Waals surface area contributed by atoms with Crippen molar-refractivity contribution in [2.24, 2.45) is 0 Å². The van der Waals surface area contributed by atoms with E-state index in [2.05, 4.69) is 50.4 Å². The van der Waals surface area contributed by atoms with Crippen LogP contribution in [0.3, 0.4) is 0 Å². The average Bonchev–Trinajstić information content (AvgIpc) is 3.31. The molecule has 0 aliphatic heterocycles. The highest BCUT2D eigenvalue weighted by Gasteiger charge is 2.24. The number of amides is 1. The molecule has 6 nitrogen and oxygen atoms in total. The Hall–Kier alpha value is -2.18. The highest BCUT2D eigenvalue weighted by molar-refractivity contribution is 5.77. The fourth-order valence-corrected chi connectivity index (χ4v) is 8.91. The number of aliphatic hydroxyl groups excluding tert-OH is 2. The first kappa shape index (κ1) is 63.8. The van der Waals surface area contributed by atoms with Gasteiger partial charge in [-0.05, 0) is 44.9 Å². The van der Waals surface area contributed by atoms with E-state index in [1.165, 1.54) is 180 Å². The number of carbonyl (C=O) groups is 2. The number of unbranched alkanes of at least 4 members (excludes halogenated alkanes) is 35. The number of carbonyl (C=O) groups excluding carboxylic acids is 2. The maximum absolute atomic E-state index is 13.2. The number of ether oxygens (including phenoxy) is 1. The van der Waals surface area contributed by atoms with Gasteiger partial charge in [-0.25, -0.2) is 0 Å². The van der Waals surface area contributed by atoms with Crippen molar-refractivity contribution >= 4 is 11.9 Å². The van der Waals surface area contributed by atoms with Crippen LogP contribution >= 0.6 is 0 Å². The minimum Gasteiger partial charge on any atom is -0.462 e. The van der Waals surface area contributed by atoms with Crippen molar-refractivity contribution < 1.29 is 24.5 Å². The van der Waals surface area contributed by atoms with E-state index in [9.17, 15) is 19.8 Å². The van der Waals surface area contributed by atoms with Crippen LogP contribution in [0.5, 0.6) is 0 Å². The Bertz CT molecular complexity index is 1130. The number of rotatable bonds is 52. The third-order valence-electron chi connectivity index (χ3n) is 13.3. The summed E-state index contributed by atoms with van der Waals surface area (Å²) in [7, 11) is 0. The predicted molar refractivity (Wildman–Crippen MR) is 287 cm³/mol. The molecule has 66 heavy (non-hydrogen) atoms. The number of allylic oxidation sites excluding steroid dienone is 8. The summed E-state index contributed by atoms with van der Waals surface area (Å²) in [6.45, 7) is 6.37. The lowest BCUT2D eigenvalue weighted by molar-refractivity contribution is -0.151. The summed E-state index contributed by atoms with van der Waals surface area (Å²) in [5, 5.41) is 23.9. The van der Waals surface area contributed by atoms with Gasteiger partial charge in [0.05, 0.1) is 25.2 Å². The summed E-state index contributed by atoms with van der Waals surface area (Å²) >= 11 is 0. The van der Waals surface area contributed by atoms with Gasteiger partial charge in [0.25, 0.3) is 0 Å². The van der Waals surface area contributed by atoms with E-state index in [0.29, 0.717) is 19.3 Å². The van der Waals surface area contributed by atoms with Gasteiger partial charge in [0.15, 0.2) is 0 Å². The maximum atomic E-state index is 13.2. The molecule has 0 aliphatic rings. The first-order chi connectivity index (χ1) is 32.5. The van der Waals surface area contributed by atoms with Gasteiger partial charge in [0.2, 0.25) is 5.91 Å². The smallest absolute Gasteiger partial charge is 0.306 e. The Morgan fingerprint density at radius 3 is 1.24 bits per heavy atom. The SMILES string of the molecule is CC/C=C/C=C/C=C/C=C\CCCCCC(CC(=O)NC(CO)C(O)CCCCCCCCCCCCCCCCC)OC(=O)CCCCCCCCCCCCCCCCCCCCC. The fourth-order valence-electron chi connectivity index (χ4n) is 8.91. The highest BCUT2D eigenvalue weighted by Crippen LogP contribution is 2.19. The molecule has 386 valence electrons. The first-order valence-electron chi connectivity index (χ1n) is 28.9. The minimum absolute atomic E-state index is 0.0543. The lowest BCUT2D eigenvalue weighted by Crippen LogP contribution is -2.46. The number of aliphatic hydroxyl groups is 2. The third-order valence-corrected chi connectivity index (χ3v) is 13.3. The topological polar surface area (TPSA) is 95.9 Å². The second-order valence-electron chi connectivity index (χ2n) is 19.8. The maximum Gasteiger partial charge on any atom is 0.306 e. The molecule has 0 aromatic carbocycles. The van der Waals surface area contributed by atoms with Crippen molar-refractivity contribution in [3.8, 4) is 0 Å². The van der Waals surface area contributed by atoms with Crippen molar-refractivity contribution in [2.75, 3.05) is 6.61 Å². The van der Waals surface area contributed by atoms with Crippen molar-refractivity contribution in [2.45, 2.75) is 315 Å². The minimum atomic E-state index is -0.798. The second kappa shape index (κ2) is 53.8. The summed E-state index contributed by atoms with van der Waals surface area (Å²) in [4.78, 5) is 26.2. The van der Waals surface area contributed by atoms with Gasteiger partial charge in [0, 0.05) is 6.42 Å². The quantitative estimate of drug-likeness (QED) is 0.0321. The van der Waals surface area contributed by atoms with Crippen LogP contribution in [-0.4, -0.2) is 46.9 Å². The fraction of sp³-hybridized carbons (Fsp3) is 0.833. The summed E-state index contributed by atoms with van der Waals surface area (Å²) in [6, 6.07) is -0.714. The molecule has 0 spiro atoms. The summed E-state index contributed by atoms with van der Waals surface area (Å²) < 4.78 is 5.94. The Morgan fingerprint density at radius 2 is 0.818 bits per heavy atom. The molecule has 3 unspecified atom stereocenters. The zero-order chi connectivity index (χ0) is 48.1. The number of esters is 1. The van der Waals surface area contributed by atoms with E-state index >= 15 is 0 Å². The van der Waals surface area contributed by atoms with Gasteiger partial charge < -0.3 is 20.3 Å². The molecular weight excluding hydrogens is 815 g/mol. The standard InChI is InChI=1S/C60H111NO5/c1-4-7-10-13-16-19-22-25-27-28-29-30-32-35-38-41-44-47-50-53-60(65)66-56(51-48-45-42-39-36-33-24-21-18-15-12-9-6-3)54-59(64)61-57(55-62)58(63)52-49-46-43-40-37-34-31-26-23-20-17-14-11-8-5-2/h9,12,15,18,21,24,33,36,56-58,62-63H,4-8,10-11,13-14,16-17,19-20,22-23,25-32,34-35,37-55H2,1-3H3,(H,61,64)/b12-9+,18-15+,24-21+,36-33-. The summed E-state index contributed by atoms with van der Waals surface area (Å²) in [5.41, 5.74) is 0. The molecule has 3 atom stereocenters.